The fraction of sp³-hybridized carbons (Fsp3) is 0.433. The number of nitrogens with one attached hydrogen (secondary N) is 6. The summed E-state index contributed by atoms with van der Waals surface area (Å²) in [4.78, 5) is 142. The summed E-state index contributed by atoms with van der Waals surface area (Å²) in [5, 5.41) is 15.2. The van der Waals surface area contributed by atoms with E-state index in [9.17, 15) is 56.7 Å². The van der Waals surface area contributed by atoms with Crippen molar-refractivity contribution in [1.29, 1.82) is 0 Å². The molecule has 7 rings (SSSR count). The second-order valence-corrected chi connectivity index (χ2v) is 23.7. The van der Waals surface area contributed by atoms with Crippen LogP contribution in [0.3, 0.4) is 0 Å². The molecule has 2 atom stereocenters. The molecule has 496 valence electrons. The number of primary amides is 1. The van der Waals surface area contributed by atoms with Gasteiger partial charge >= 0.3 is 12.1 Å². The molecule has 0 bridgehead atoms. The molecule has 3 aliphatic rings. The van der Waals surface area contributed by atoms with Crippen LogP contribution in [-0.2, 0) is 59.6 Å². The number of nitrogens with two attached hydrogens (primary N) is 2. The Morgan fingerprint density at radius 2 is 1.47 bits per heavy atom. The number of rotatable bonds is 33. The third-order valence-corrected chi connectivity index (χ3v) is 15.8. The van der Waals surface area contributed by atoms with Gasteiger partial charge in [-0.25, -0.2) is 23.4 Å². The number of hydrogen-bond donors (Lipinski definition) is 8. The van der Waals surface area contributed by atoms with Crippen molar-refractivity contribution in [3.8, 4) is 0 Å². The SMILES string of the molecule is CCCN(CCC)C(=O)C1=Cc2ccc(C(=O)Nc3cnc4c(c3)CN(Cc3ccc(C(=O)NCC(F)(F)CNC(=O)OCc5ccc(NC(=O)C(CCCNC(N)=O)CC(=O)C(NC(=O)CCCCCN6C(=O)C=CC6=O)C(C)C)cc5)cc3)CC4)cc2N=C(N)C1. The molecule has 10 N–H and O–H groups in total. The topological polar surface area (TPSA) is 339 Å². The number of imide groups is 1. The summed E-state index contributed by atoms with van der Waals surface area (Å²) in [6.45, 7) is 8.44. The van der Waals surface area contributed by atoms with Crippen LogP contribution < -0.4 is 43.4 Å². The van der Waals surface area contributed by atoms with E-state index in [1.54, 1.807) is 68.6 Å². The lowest BCUT2D eigenvalue weighted by Crippen LogP contribution is -2.45. The van der Waals surface area contributed by atoms with Gasteiger partial charge in [-0.2, -0.15) is 0 Å². The van der Waals surface area contributed by atoms with Crippen LogP contribution in [-0.4, -0.2) is 143 Å². The highest BCUT2D eigenvalue weighted by Crippen LogP contribution is 2.30. The summed E-state index contributed by atoms with van der Waals surface area (Å²) in [5.41, 5.74) is 17.7. The molecule has 0 fully saturated rings. The number of aliphatic imine (C=N–C) groups is 1. The summed E-state index contributed by atoms with van der Waals surface area (Å²) in [6, 6.07) is 18.0. The number of nitrogens with zero attached hydrogens (tertiary/aromatic N) is 5. The summed E-state index contributed by atoms with van der Waals surface area (Å²) >= 11 is 0. The number of hydrogen-bond acceptors (Lipinski definition) is 15. The van der Waals surface area contributed by atoms with Gasteiger partial charge < -0.3 is 53.0 Å². The van der Waals surface area contributed by atoms with E-state index >= 15 is 0 Å². The molecule has 1 aromatic heterocycles. The lowest BCUT2D eigenvalue weighted by atomic mass is 9.89. The molecular weight excluding hydrogens is 1200 g/mol. The Bertz CT molecular complexity index is 3460. The first-order chi connectivity index (χ1) is 44.5. The standard InChI is InChI=1S/C67H83F2N13O11/c1-5-27-81(28-6-2)64(90)49-31-46-19-20-48(33-54(46)78-56(70)35-49)63(89)77-52-32-50-38-80(30-25-53(50)73-36-52)37-43-13-17-45(18-14-43)61(87)74-40-67(68,69)41-75-66(92)93-39-44-15-21-51(22-16-44)76-62(88)47(11-10-26-72-65(71)91)34-55(83)60(42(3)4)79-57(84)12-8-7-9-29-82-58(85)23-24-59(82)86/h13-24,31-33,36,42,47,60H,5-12,25-30,34-35,37-41H2,1-4H3,(H2,70,78)(H,74,87)(H,75,92)(H,76,88)(H,77,89)(H,79,84)(H3,71,72,91). The zero-order valence-electron chi connectivity index (χ0n) is 53.0. The highest BCUT2D eigenvalue weighted by Gasteiger charge is 2.33. The molecule has 0 spiro atoms. The number of aromatic nitrogens is 1. The average Bonchev–Trinajstić information content (AvgIpc) is 1.81. The summed E-state index contributed by atoms with van der Waals surface area (Å²) in [7, 11) is 0. The third kappa shape index (κ3) is 21.7. The van der Waals surface area contributed by atoms with Gasteiger partial charge in [0.05, 0.1) is 36.7 Å². The van der Waals surface area contributed by atoms with E-state index in [-0.39, 0.29) is 98.0 Å². The number of unbranched alkanes of at least 4 members (excludes halogenated alkanes) is 2. The number of ketones is 1. The van der Waals surface area contributed by atoms with Crippen molar-refractivity contribution in [3.05, 3.63) is 136 Å². The number of halogens is 2. The molecule has 4 heterocycles. The molecular formula is C67H83F2N13O11. The Labute approximate surface area is 539 Å². The number of fused-ring (bicyclic) bond motifs is 2. The van der Waals surface area contributed by atoms with Crippen molar-refractivity contribution in [2.24, 2.45) is 28.3 Å². The highest BCUT2D eigenvalue weighted by atomic mass is 19.3. The van der Waals surface area contributed by atoms with Gasteiger partial charge in [0.25, 0.3) is 29.6 Å². The number of pyridine rings is 1. The molecule has 2 unspecified atom stereocenters. The minimum Gasteiger partial charge on any atom is -0.445 e. The summed E-state index contributed by atoms with van der Waals surface area (Å²) < 4.78 is 35.1. The summed E-state index contributed by atoms with van der Waals surface area (Å²) in [5.74, 6) is -7.66. The number of Topliss-reactive ketones (excluding diaryl/α,β-unsaturated/α-hetero) is 1. The van der Waals surface area contributed by atoms with Crippen molar-refractivity contribution in [3.63, 3.8) is 0 Å². The number of carbonyl (C=O) groups excluding carboxylic acids is 10. The number of alkyl halides is 2. The first kappa shape index (κ1) is 70.7. The number of amides is 10. The van der Waals surface area contributed by atoms with Gasteiger partial charge in [-0.15, -0.1) is 0 Å². The maximum absolute atomic E-state index is 15.0. The van der Waals surface area contributed by atoms with Gasteiger partial charge in [-0.05, 0) is 110 Å². The second-order valence-electron chi connectivity index (χ2n) is 23.7. The van der Waals surface area contributed by atoms with Crippen molar-refractivity contribution < 1.29 is 61.5 Å². The molecule has 0 radical (unpaired) electrons. The summed E-state index contributed by atoms with van der Waals surface area (Å²) in [6.07, 6.45) is 9.09. The first-order valence-corrected chi connectivity index (χ1v) is 31.4. The average molecular weight is 1280 g/mol. The highest BCUT2D eigenvalue weighted by molar-refractivity contribution is 6.13. The van der Waals surface area contributed by atoms with Crippen molar-refractivity contribution in [2.75, 3.05) is 56.4 Å². The van der Waals surface area contributed by atoms with E-state index in [4.69, 9.17) is 16.2 Å². The maximum Gasteiger partial charge on any atom is 0.407 e. The van der Waals surface area contributed by atoms with Crippen molar-refractivity contribution >= 4 is 88.2 Å². The molecule has 3 aliphatic heterocycles. The fourth-order valence-electron chi connectivity index (χ4n) is 10.8. The number of carbonyl (C=O) groups is 10. The lowest BCUT2D eigenvalue weighted by Gasteiger charge is -2.28. The van der Waals surface area contributed by atoms with Gasteiger partial charge in [-0.1, -0.05) is 64.4 Å². The molecule has 0 saturated heterocycles. The van der Waals surface area contributed by atoms with Crippen molar-refractivity contribution in [1.82, 2.24) is 41.0 Å². The number of amidine groups is 1. The van der Waals surface area contributed by atoms with Gasteiger partial charge in [0.2, 0.25) is 17.7 Å². The van der Waals surface area contributed by atoms with E-state index in [1.807, 2.05) is 30.1 Å². The fourth-order valence-corrected chi connectivity index (χ4v) is 10.8. The quantitative estimate of drug-likeness (QED) is 0.0173. The predicted octanol–water partition coefficient (Wildman–Crippen LogP) is 7.20. The maximum atomic E-state index is 15.0. The Hall–Kier alpha value is -9.72. The minimum atomic E-state index is -3.55. The van der Waals surface area contributed by atoms with Gasteiger partial charge in [0.15, 0.2) is 5.78 Å². The van der Waals surface area contributed by atoms with Crippen LogP contribution >= 0.6 is 0 Å². The second kappa shape index (κ2) is 34.1. The Balaban J connectivity index is 0.815. The van der Waals surface area contributed by atoms with Crippen molar-refractivity contribution in [2.45, 2.75) is 130 Å². The number of ether oxygens (including phenoxy) is 1. The van der Waals surface area contributed by atoms with Gasteiger partial charge in [0.1, 0.15) is 12.4 Å². The van der Waals surface area contributed by atoms with E-state index < -0.39 is 54.9 Å². The first-order valence-electron chi connectivity index (χ1n) is 31.4. The Kier molecular flexibility index (Phi) is 25.9. The van der Waals surface area contributed by atoms with E-state index in [0.29, 0.717) is 104 Å². The van der Waals surface area contributed by atoms with Crippen LogP contribution in [0.25, 0.3) is 6.08 Å². The molecule has 10 amide bonds. The van der Waals surface area contributed by atoms with Crippen LogP contribution in [0.1, 0.15) is 141 Å². The van der Waals surface area contributed by atoms with Crippen LogP contribution in [0.2, 0.25) is 0 Å². The predicted molar refractivity (Wildman–Crippen MR) is 346 cm³/mol. The Morgan fingerprint density at radius 1 is 0.785 bits per heavy atom. The number of alkyl carbamates (subject to hydrolysis) is 1. The number of urea groups is 1. The van der Waals surface area contributed by atoms with Gasteiger partial charge in [0, 0.05) is 123 Å². The van der Waals surface area contributed by atoms with Gasteiger partial charge in [-0.3, -0.25) is 53.1 Å². The van der Waals surface area contributed by atoms with E-state index in [2.05, 4.69) is 41.5 Å². The lowest BCUT2D eigenvalue weighted by molar-refractivity contribution is -0.137. The number of benzene rings is 3. The molecule has 26 heteroatoms. The zero-order valence-corrected chi connectivity index (χ0v) is 53.0. The molecule has 93 heavy (non-hydrogen) atoms. The zero-order chi connectivity index (χ0) is 67.2. The van der Waals surface area contributed by atoms with Crippen LogP contribution in [0.5, 0.6) is 0 Å². The molecule has 4 aromatic rings. The molecule has 0 saturated carbocycles. The molecule has 24 nitrogen and oxygen atoms in total. The molecule has 0 aliphatic carbocycles. The van der Waals surface area contributed by atoms with Crippen LogP contribution in [0.15, 0.2) is 102 Å². The normalized spacial score (nSPS) is 14.3. The third-order valence-electron chi connectivity index (χ3n) is 15.8. The largest absolute Gasteiger partial charge is 0.445 e. The Morgan fingerprint density at radius 3 is 2.16 bits per heavy atom. The van der Waals surface area contributed by atoms with Crippen LogP contribution in [0, 0.1) is 11.8 Å². The number of anilines is 2. The van der Waals surface area contributed by atoms with Crippen LogP contribution in [0.4, 0.5) is 35.4 Å². The smallest absolute Gasteiger partial charge is 0.407 e. The van der Waals surface area contributed by atoms with E-state index in [0.717, 1.165) is 34.6 Å². The minimum absolute atomic E-state index is 0.0779. The molecule has 3 aromatic carbocycles. The van der Waals surface area contributed by atoms with E-state index in [1.165, 1.54) is 36.4 Å². The monoisotopic (exact) mass is 1280 g/mol.